The monoisotopic (exact) mass is 422 g/mol. The molecule has 3 rings (SSSR count). The highest BCUT2D eigenvalue weighted by Crippen LogP contribution is 2.31. The van der Waals surface area contributed by atoms with Gasteiger partial charge >= 0.3 is 0 Å². The van der Waals surface area contributed by atoms with Crippen LogP contribution in [-0.2, 0) is 10.0 Å². The van der Waals surface area contributed by atoms with Crippen molar-refractivity contribution in [1.29, 1.82) is 0 Å². The van der Waals surface area contributed by atoms with Crippen LogP contribution in [0.3, 0.4) is 0 Å². The van der Waals surface area contributed by atoms with Gasteiger partial charge in [-0.15, -0.1) is 0 Å². The molecule has 1 aliphatic rings. The number of sulfonamides is 1. The Bertz CT molecular complexity index is 938. The molecular formula is C19H26N4O5S. The van der Waals surface area contributed by atoms with Gasteiger partial charge < -0.3 is 9.73 Å². The van der Waals surface area contributed by atoms with Crippen LogP contribution in [0.2, 0.25) is 0 Å². The SMILES string of the molecule is CN(C)[C@@H](CNc1ccc(S(=O)(=O)N2CCCCC2)cc1[N+](=O)[O-])c1ccco1. The summed E-state index contributed by atoms with van der Waals surface area (Å²) >= 11 is 0. The summed E-state index contributed by atoms with van der Waals surface area (Å²) in [5, 5.41) is 14.7. The van der Waals surface area contributed by atoms with Crippen LogP contribution in [0.1, 0.15) is 31.1 Å². The van der Waals surface area contributed by atoms with Crippen molar-refractivity contribution < 1.29 is 17.8 Å². The average molecular weight is 423 g/mol. The molecule has 0 saturated carbocycles. The van der Waals surface area contributed by atoms with Crippen LogP contribution >= 0.6 is 0 Å². The first kappa shape index (κ1) is 21.3. The van der Waals surface area contributed by atoms with E-state index in [2.05, 4.69) is 5.32 Å². The number of likely N-dealkylation sites (N-methyl/N-ethyl adjacent to an activating group) is 1. The highest BCUT2D eigenvalue weighted by Gasteiger charge is 2.29. The number of anilines is 1. The topological polar surface area (TPSA) is 109 Å². The molecule has 1 N–H and O–H groups in total. The van der Waals surface area contributed by atoms with E-state index < -0.39 is 14.9 Å². The van der Waals surface area contributed by atoms with E-state index >= 15 is 0 Å². The Morgan fingerprint density at radius 2 is 1.97 bits per heavy atom. The molecule has 9 nitrogen and oxygen atoms in total. The van der Waals surface area contributed by atoms with E-state index in [1.807, 2.05) is 25.1 Å². The summed E-state index contributed by atoms with van der Waals surface area (Å²) in [5.41, 5.74) is 0.00559. The Kier molecular flexibility index (Phi) is 6.56. The number of rotatable bonds is 8. The van der Waals surface area contributed by atoms with Gasteiger partial charge in [0.15, 0.2) is 0 Å². The molecule has 1 atom stereocenters. The number of benzene rings is 1. The standard InChI is InChI=1S/C19H26N4O5S/c1-21(2)18(19-7-6-12-28-19)14-20-16-9-8-15(13-17(16)23(24)25)29(26,27)22-10-4-3-5-11-22/h6-9,12-13,18,20H,3-5,10-11,14H2,1-2H3/t18-/m0/s1. The maximum absolute atomic E-state index is 12.8. The van der Waals surface area contributed by atoms with E-state index in [1.165, 1.54) is 16.4 Å². The molecule has 1 saturated heterocycles. The largest absolute Gasteiger partial charge is 0.468 e. The third-order valence-corrected chi connectivity index (χ3v) is 6.99. The van der Waals surface area contributed by atoms with E-state index in [0.717, 1.165) is 31.1 Å². The van der Waals surface area contributed by atoms with E-state index in [4.69, 9.17) is 4.42 Å². The molecule has 1 aromatic heterocycles. The van der Waals surface area contributed by atoms with Crippen LogP contribution in [0.25, 0.3) is 0 Å². The van der Waals surface area contributed by atoms with Crippen LogP contribution in [0.4, 0.5) is 11.4 Å². The van der Waals surface area contributed by atoms with Gasteiger partial charge in [-0.2, -0.15) is 4.31 Å². The van der Waals surface area contributed by atoms with Gasteiger partial charge in [-0.25, -0.2) is 8.42 Å². The van der Waals surface area contributed by atoms with Crippen molar-refractivity contribution in [2.75, 3.05) is 39.0 Å². The number of furan rings is 1. The first-order chi connectivity index (χ1) is 13.8. The fourth-order valence-electron chi connectivity index (χ4n) is 3.45. The minimum atomic E-state index is -3.74. The van der Waals surface area contributed by atoms with Crippen LogP contribution in [-0.4, -0.2) is 56.3 Å². The molecule has 1 aromatic carbocycles. The lowest BCUT2D eigenvalue weighted by molar-refractivity contribution is -0.384. The van der Waals surface area contributed by atoms with Crippen molar-refractivity contribution in [3.05, 3.63) is 52.5 Å². The van der Waals surface area contributed by atoms with Crippen LogP contribution in [0, 0.1) is 10.1 Å². The third-order valence-electron chi connectivity index (χ3n) is 5.10. The average Bonchev–Trinajstić information content (AvgIpc) is 3.23. The van der Waals surface area contributed by atoms with Gasteiger partial charge in [0.2, 0.25) is 10.0 Å². The zero-order valence-electron chi connectivity index (χ0n) is 16.6. The Morgan fingerprint density at radius 1 is 1.24 bits per heavy atom. The minimum Gasteiger partial charge on any atom is -0.468 e. The zero-order valence-corrected chi connectivity index (χ0v) is 17.4. The summed E-state index contributed by atoms with van der Waals surface area (Å²) < 4.78 is 32.6. The third kappa shape index (κ3) is 4.77. The minimum absolute atomic E-state index is 0.0492. The molecule has 158 valence electrons. The van der Waals surface area contributed by atoms with Crippen molar-refractivity contribution in [2.45, 2.75) is 30.2 Å². The molecule has 0 spiro atoms. The Balaban J connectivity index is 1.84. The van der Waals surface area contributed by atoms with E-state index in [0.29, 0.717) is 19.6 Å². The van der Waals surface area contributed by atoms with Gasteiger partial charge in [0.25, 0.3) is 5.69 Å². The molecule has 0 aliphatic carbocycles. The molecule has 2 aromatic rings. The normalized spacial score (nSPS) is 16.7. The smallest absolute Gasteiger partial charge is 0.293 e. The van der Waals surface area contributed by atoms with E-state index in [1.54, 1.807) is 12.3 Å². The molecule has 29 heavy (non-hydrogen) atoms. The Hall–Kier alpha value is -2.43. The highest BCUT2D eigenvalue weighted by molar-refractivity contribution is 7.89. The second-order valence-electron chi connectivity index (χ2n) is 7.28. The van der Waals surface area contributed by atoms with Gasteiger partial charge in [0, 0.05) is 25.7 Å². The highest BCUT2D eigenvalue weighted by atomic mass is 32.2. The summed E-state index contributed by atoms with van der Waals surface area (Å²) in [6, 6.07) is 7.52. The number of hydrogen-bond donors (Lipinski definition) is 1. The molecule has 2 heterocycles. The summed E-state index contributed by atoms with van der Waals surface area (Å²) in [6.07, 6.45) is 4.19. The molecule has 10 heteroatoms. The lowest BCUT2D eigenvalue weighted by Crippen LogP contribution is -2.35. The number of nitrogens with zero attached hydrogens (tertiary/aromatic N) is 3. The van der Waals surface area contributed by atoms with Crippen molar-refractivity contribution in [1.82, 2.24) is 9.21 Å². The predicted molar refractivity (Wildman–Crippen MR) is 109 cm³/mol. The lowest BCUT2D eigenvalue weighted by Gasteiger charge is -2.26. The zero-order chi connectivity index (χ0) is 21.0. The van der Waals surface area contributed by atoms with Gasteiger partial charge in [-0.3, -0.25) is 15.0 Å². The van der Waals surface area contributed by atoms with Crippen molar-refractivity contribution in [2.24, 2.45) is 0 Å². The van der Waals surface area contributed by atoms with Gasteiger partial charge in [-0.05, 0) is 51.2 Å². The second-order valence-corrected chi connectivity index (χ2v) is 9.21. The molecule has 0 amide bonds. The van der Waals surface area contributed by atoms with E-state index in [9.17, 15) is 18.5 Å². The molecule has 1 fully saturated rings. The number of nitro benzene ring substituents is 1. The first-order valence-electron chi connectivity index (χ1n) is 9.53. The fourth-order valence-corrected chi connectivity index (χ4v) is 4.99. The number of nitro groups is 1. The van der Waals surface area contributed by atoms with Crippen LogP contribution in [0.5, 0.6) is 0 Å². The Morgan fingerprint density at radius 3 is 2.55 bits per heavy atom. The quantitative estimate of drug-likeness (QED) is 0.514. The molecular weight excluding hydrogens is 396 g/mol. The van der Waals surface area contributed by atoms with Gasteiger partial charge in [0.1, 0.15) is 11.4 Å². The maximum Gasteiger partial charge on any atom is 0.293 e. The number of piperidine rings is 1. The summed E-state index contributed by atoms with van der Waals surface area (Å²) in [7, 11) is 0.0359. The molecule has 0 unspecified atom stereocenters. The predicted octanol–water partition coefficient (Wildman–Crippen LogP) is 3.08. The summed E-state index contributed by atoms with van der Waals surface area (Å²) in [5.74, 6) is 0.731. The van der Waals surface area contributed by atoms with Crippen LogP contribution in [0.15, 0.2) is 45.9 Å². The van der Waals surface area contributed by atoms with Crippen LogP contribution < -0.4 is 5.32 Å². The number of hydrogen-bond acceptors (Lipinski definition) is 7. The maximum atomic E-state index is 12.8. The van der Waals surface area contributed by atoms with Crippen molar-refractivity contribution in [3.8, 4) is 0 Å². The summed E-state index contributed by atoms with van der Waals surface area (Å²) in [4.78, 5) is 12.9. The lowest BCUT2D eigenvalue weighted by atomic mass is 10.2. The van der Waals surface area contributed by atoms with Gasteiger partial charge in [0.05, 0.1) is 22.1 Å². The fraction of sp³-hybridized carbons (Fsp3) is 0.474. The van der Waals surface area contributed by atoms with E-state index in [-0.39, 0.29) is 22.3 Å². The molecule has 1 aliphatic heterocycles. The molecule has 0 bridgehead atoms. The molecule has 0 radical (unpaired) electrons. The second kappa shape index (κ2) is 8.93. The number of nitrogens with one attached hydrogen (secondary N) is 1. The van der Waals surface area contributed by atoms with Gasteiger partial charge in [-0.1, -0.05) is 6.42 Å². The van der Waals surface area contributed by atoms with Crippen molar-refractivity contribution >= 4 is 21.4 Å². The summed E-state index contributed by atoms with van der Waals surface area (Å²) in [6.45, 7) is 1.26. The Labute approximate surface area is 170 Å². The van der Waals surface area contributed by atoms with Crippen molar-refractivity contribution in [3.63, 3.8) is 0 Å². The first-order valence-corrected chi connectivity index (χ1v) is 11.0.